The third kappa shape index (κ3) is 4.06. The first-order valence-electron chi connectivity index (χ1n) is 5.80. The molecular formula is C15H18N2O. The molecule has 0 unspecified atom stereocenters. The molecule has 0 radical (unpaired) electrons. The summed E-state index contributed by atoms with van der Waals surface area (Å²) >= 11 is 0. The Morgan fingerprint density at radius 2 is 1.78 bits per heavy atom. The van der Waals surface area contributed by atoms with Crippen molar-refractivity contribution in [1.29, 1.82) is 5.26 Å². The van der Waals surface area contributed by atoms with E-state index >= 15 is 0 Å². The smallest absolute Gasteiger partial charge is 0.125 e. The molecule has 3 heteroatoms. The van der Waals surface area contributed by atoms with E-state index in [1.807, 2.05) is 6.07 Å². The number of aromatic hydroxyl groups is 1. The molecule has 0 aliphatic heterocycles. The molecule has 0 spiro atoms. The Hall–Kier alpha value is -2.08. The van der Waals surface area contributed by atoms with Crippen LogP contribution in [-0.4, -0.2) is 10.1 Å². The van der Waals surface area contributed by atoms with Crippen molar-refractivity contribution in [3.63, 3.8) is 0 Å². The number of hydrogen-bond acceptors (Lipinski definition) is 3. The lowest BCUT2D eigenvalue weighted by Gasteiger charge is -2.05. The van der Waals surface area contributed by atoms with E-state index in [9.17, 15) is 5.11 Å². The molecule has 18 heavy (non-hydrogen) atoms. The molecule has 1 aromatic carbocycles. The van der Waals surface area contributed by atoms with Crippen molar-refractivity contribution in [2.45, 2.75) is 27.7 Å². The van der Waals surface area contributed by atoms with Gasteiger partial charge in [-0.25, -0.2) is 0 Å². The molecule has 1 aromatic heterocycles. The first-order valence-corrected chi connectivity index (χ1v) is 5.80. The van der Waals surface area contributed by atoms with Gasteiger partial charge in [-0.05, 0) is 29.7 Å². The van der Waals surface area contributed by atoms with Crippen molar-refractivity contribution in [1.82, 2.24) is 4.98 Å². The van der Waals surface area contributed by atoms with Crippen LogP contribution in [0.3, 0.4) is 0 Å². The molecular weight excluding hydrogens is 224 g/mol. The summed E-state index contributed by atoms with van der Waals surface area (Å²) in [5, 5.41) is 18.8. The molecule has 94 valence electrons. The Bertz CT molecular complexity index is 571. The van der Waals surface area contributed by atoms with E-state index in [0.717, 1.165) is 0 Å². The van der Waals surface area contributed by atoms with Crippen molar-refractivity contribution < 1.29 is 5.11 Å². The number of phenols is 1. The lowest BCUT2D eigenvalue weighted by molar-refractivity contribution is 0.469. The van der Waals surface area contributed by atoms with Crippen LogP contribution in [0.2, 0.25) is 0 Å². The molecule has 0 atom stereocenters. The van der Waals surface area contributed by atoms with Crippen LogP contribution in [0.4, 0.5) is 0 Å². The van der Waals surface area contributed by atoms with Gasteiger partial charge in [-0.15, -0.1) is 0 Å². The van der Waals surface area contributed by atoms with E-state index in [-0.39, 0.29) is 5.75 Å². The largest absolute Gasteiger partial charge is 0.507 e. The van der Waals surface area contributed by atoms with Gasteiger partial charge in [0, 0.05) is 11.6 Å². The highest BCUT2D eigenvalue weighted by molar-refractivity contribution is 5.89. The van der Waals surface area contributed by atoms with Crippen LogP contribution in [0, 0.1) is 16.7 Å². The summed E-state index contributed by atoms with van der Waals surface area (Å²) < 4.78 is 0. The number of pyridine rings is 1. The molecule has 0 bridgehead atoms. The van der Waals surface area contributed by atoms with Crippen molar-refractivity contribution in [2.24, 2.45) is 5.41 Å². The number of fused-ring (bicyclic) bond motifs is 1. The highest BCUT2D eigenvalue weighted by Crippen LogP contribution is 2.24. The van der Waals surface area contributed by atoms with Crippen molar-refractivity contribution in [3.05, 3.63) is 36.0 Å². The number of phenolic OH excluding ortho intramolecular Hbond substituents is 1. The Labute approximate surface area is 108 Å². The summed E-state index contributed by atoms with van der Waals surface area (Å²) in [4.78, 5) is 4.03. The highest BCUT2D eigenvalue weighted by atomic mass is 16.3. The lowest BCUT2D eigenvalue weighted by Crippen LogP contribution is -1.93. The molecule has 1 heterocycles. The quantitative estimate of drug-likeness (QED) is 0.763. The Morgan fingerprint density at radius 1 is 1.17 bits per heavy atom. The van der Waals surface area contributed by atoms with Gasteiger partial charge in [0.1, 0.15) is 11.8 Å². The minimum Gasteiger partial charge on any atom is -0.507 e. The predicted molar refractivity (Wildman–Crippen MR) is 73.3 cm³/mol. The normalized spacial score (nSPS) is 10.4. The second-order valence-electron chi connectivity index (χ2n) is 5.64. The minimum atomic E-state index is 0.155. The van der Waals surface area contributed by atoms with Gasteiger partial charge in [0.25, 0.3) is 0 Å². The molecule has 0 amide bonds. The van der Waals surface area contributed by atoms with Crippen molar-refractivity contribution in [3.8, 4) is 11.8 Å². The summed E-state index contributed by atoms with van der Waals surface area (Å²) in [5.41, 5.74) is 1.53. The number of nitriles is 1. The van der Waals surface area contributed by atoms with Crippen LogP contribution in [0.1, 0.15) is 33.3 Å². The van der Waals surface area contributed by atoms with E-state index in [1.165, 1.54) is 6.07 Å². The number of aromatic nitrogens is 1. The SMILES string of the molecule is CC(C)(C)C.N#Cc1ccc(O)c2cccnc12. The van der Waals surface area contributed by atoms with Gasteiger partial charge in [0.15, 0.2) is 0 Å². The summed E-state index contributed by atoms with van der Waals surface area (Å²) in [6.07, 6.45) is 1.60. The molecule has 2 aromatic rings. The maximum atomic E-state index is 9.44. The van der Waals surface area contributed by atoms with Gasteiger partial charge in [-0.1, -0.05) is 27.7 Å². The second-order valence-corrected chi connectivity index (χ2v) is 5.64. The lowest BCUT2D eigenvalue weighted by atomic mass is 10.0. The third-order valence-corrected chi connectivity index (χ3v) is 1.87. The summed E-state index contributed by atoms with van der Waals surface area (Å²) in [5.74, 6) is 0.155. The summed E-state index contributed by atoms with van der Waals surface area (Å²) in [7, 11) is 0. The monoisotopic (exact) mass is 242 g/mol. The third-order valence-electron chi connectivity index (χ3n) is 1.87. The standard InChI is InChI=1S/C10H6N2O.C5H12/c11-6-7-3-4-9(13)8-2-1-5-12-10(7)8;1-5(2,3)4/h1-5,13H;1-4H3. The molecule has 0 saturated heterocycles. The van der Waals surface area contributed by atoms with Crippen LogP contribution in [0.15, 0.2) is 30.5 Å². The zero-order valence-electron chi connectivity index (χ0n) is 11.2. The van der Waals surface area contributed by atoms with Crippen LogP contribution in [0.25, 0.3) is 10.9 Å². The maximum Gasteiger partial charge on any atom is 0.125 e. The van der Waals surface area contributed by atoms with E-state index in [2.05, 4.69) is 32.7 Å². The number of hydrogen-bond donors (Lipinski definition) is 1. The topological polar surface area (TPSA) is 56.9 Å². The second kappa shape index (κ2) is 5.50. The number of rotatable bonds is 0. The number of benzene rings is 1. The fourth-order valence-electron chi connectivity index (χ4n) is 1.25. The summed E-state index contributed by atoms with van der Waals surface area (Å²) in [6.45, 7) is 8.75. The highest BCUT2D eigenvalue weighted by Gasteiger charge is 2.04. The van der Waals surface area contributed by atoms with Crippen LogP contribution >= 0.6 is 0 Å². The average Bonchev–Trinajstić information content (AvgIpc) is 2.28. The maximum absolute atomic E-state index is 9.44. The zero-order chi connectivity index (χ0) is 13.8. The van der Waals surface area contributed by atoms with Crippen LogP contribution in [-0.2, 0) is 0 Å². The fraction of sp³-hybridized carbons (Fsp3) is 0.333. The van der Waals surface area contributed by atoms with Gasteiger partial charge in [0.05, 0.1) is 11.1 Å². The Balaban J connectivity index is 0.000000280. The van der Waals surface area contributed by atoms with Crippen molar-refractivity contribution >= 4 is 10.9 Å². The van der Waals surface area contributed by atoms with Crippen molar-refractivity contribution in [2.75, 3.05) is 0 Å². The molecule has 0 aliphatic carbocycles. The van der Waals surface area contributed by atoms with Gasteiger partial charge in [-0.3, -0.25) is 4.98 Å². The first kappa shape index (κ1) is 14.0. The molecule has 0 saturated carbocycles. The van der Waals surface area contributed by atoms with E-state index < -0.39 is 0 Å². The van der Waals surface area contributed by atoms with Gasteiger partial charge < -0.3 is 5.11 Å². The summed E-state index contributed by atoms with van der Waals surface area (Å²) in [6, 6.07) is 8.55. The minimum absolute atomic E-state index is 0.155. The Kier molecular flexibility index (Phi) is 4.28. The average molecular weight is 242 g/mol. The fourth-order valence-corrected chi connectivity index (χ4v) is 1.25. The molecule has 0 fully saturated rings. The molecule has 3 nitrogen and oxygen atoms in total. The Morgan fingerprint density at radius 3 is 2.33 bits per heavy atom. The van der Waals surface area contributed by atoms with Gasteiger partial charge >= 0.3 is 0 Å². The molecule has 2 rings (SSSR count). The van der Waals surface area contributed by atoms with Gasteiger partial charge in [0.2, 0.25) is 0 Å². The predicted octanol–water partition coefficient (Wildman–Crippen LogP) is 3.86. The molecule has 0 aliphatic rings. The van der Waals surface area contributed by atoms with Crippen LogP contribution < -0.4 is 0 Å². The zero-order valence-corrected chi connectivity index (χ0v) is 11.2. The number of nitrogens with zero attached hydrogens (tertiary/aromatic N) is 2. The molecule has 1 N–H and O–H groups in total. The van der Waals surface area contributed by atoms with E-state index in [1.54, 1.807) is 24.4 Å². The van der Waals surface area contributed by atoms with E-state index in [0.29, 0.717) is 21.9 Å². The van der Waals surface area contributed by atoms with Crippen LogP contribution in [0.5, 0.6) is 5.75 Å². The van der Waals surface area contributed by atoms with Gasteiger partial charge in [-0.2, -0.15) is 5.26 Å². The van der Waals surface area contributed by atoms with E-state index in [4.69, 9.17) is 5.26 Å². The first-order chi connectivity index (χ1) is 8.33.